The summed E-state index contributed by atoms with van der Waals surface area (Å²) in [5.41, 5.74) is 1.41. The van der Waals surface area contributed by atoms with Crippen LogP contribution in [0.4, 0.5) is 0 Å². The Hall–Kier alpha value is -0.860. The molecule has 2 rings (SSSR count). The molecule has 0 radical (unpaired) electrons. The summed E-state index contributed by atoms with van der Waals surface area (Å²) in [6.45, 7) is 5.76. The van der Waals surface area contributed by atoms with Crippen molar-refractivity contribution < 1.29 is 9.47 Å². The second-order valence-corrected chi connectivity index (χ2v) is 5.72. The first-order valence-corrected chi connectivity index (χ1v) is 8.51. The molecule has 0 spiro atoms. The van der Waals surface area contributed by atoms with Crippen molar-refractivity contribution >= 4 is 29.9 Å². The lowest BCUT2D eigenvalue weighted by atomic mass is 10.1. The number of halogens is 1. The summed E-state index contributed by atoms with van der Waals surface area (Å²) in [7, 11) is 1.68. The molecule has 0 heterocycles. The van der Waals surface area contributed by atoms with Gasteiger partial charge in [-0.1, -0.05) is 30.3 Å². The predicted molar refractivity (Wildman–Crippen MR) is 109 cm³/mol. The van der Waals surface area contributed by atoms with Gasteiger partial charge in [0.05, 0.1) is 13.2 Å². The van der Waals surface area contributed by atoms with E-state index in [9.17, 15) is 0 Å². The zero-order valence-electron chi connectivity index (χ0n) is 14.7. The van der Waals surface area contributed by atoms with Gasteiger partial charge in [0.15, 0.2) is 5.96 Å². The van der Waals surface area contributed by atoms with Gasteiger partial charge in [-0.2, -0.15) is 0 Å². The first-order valence-electron chi connectivity index (χ1n) is 8.51. The van der Waals surface area contributed by atoms with Crippen LogP contribution in [0.1, 0.15) is 31.2 Å². The molecule has 0 saturated heterocycles. The number of hydrogen-bond donors (Lipinski definition) is 2. The highest BCUT2D eigenvalue weighted by Gasteiger charge is 2.38. The average molecular weight is 447 g/mol. The van der Waals surface area contributed by atoms with E-state index < -0.39 is 0 Å². The van der Waals surface area contributed by atoms with Gasteiger partial charge in [0.25, 0.3) is 0 Å². The van der Waals surface area contributed by atoms with Gasteiger partial charge >= 0.3 is 0 Å². The van der Waals surface area contributed by atoms with E-state index in [-0.39, 0.29) is 24.0 Å². The van der Waals surface area contributed by atoms with E-state index in [0.29, 0.717) is 25.2 Å². The number of nitrogens with zero attached hydrogens (tertiary/aromatic N) is 1. The van der Waals surface area contributed by atoms with Gasteiger partial charge in [0.2, 0.25) is 0 Å². The van der Waals surface area contributed by atoms with Gasteiger partial charge in [0, 0.05) is 38.8 Å². The van der Waals surface area contributed by atoms with Crippen molar-refractivity contribution in [2.24, 2.45) is 4.99 Å². The number of benzene rings is 1. The second-order valence-electron chi connectivity index (χ2n) is 5.72. The Morgan fingerprint density at radius 3 is 2.71 bits per heavy atom. The van der Waals surface area contributed by atoms with Crippen LogP contribution < -0.4 is 10.6 Å². The highest BCUT2D eigenvalue weighted by Crippen LogP contribution is 2.40. The molecule has 2 N–H and O–H groups in total. The average Bonchev–Trinajstić information content (AvgIpc) is 3.34. The maximum Gasteiger partial charge on any atom is 0.191 e. The van der Waals surface area contributed by atoms with E-state index in [2.05, 4.69) is 52.9 Å². The van der Waals surface area contributed by atoms with Gasteiger partial charge in [-0.3, -0.25) is 4.99 Å². The molecule has 0 bridgehead atoms. The van der Waals surface area contributed by atoms with E-state index in [4.69, 9.17) is 9.47 Å². The lowest BCUT2D eigenvalue weighted by Gasteiger charge is -2.11. The Morgan fingerprint density at radius 2 is 2.00 bits per heavy atom. The van der Waals surface area contributed by atoms with Gasteiger partial charge < -0.3 is 20.1 Å². The van der Waals surface area contributed by atoms with Crippen molar-refractivity contribution in [3.8, 4) is 0 Å². The molecule has 1 aromatic rings. The van der Waals surface area contributed by atoms with E-state index >= 15 is 0 Å². The molecule has 2 atom stereocenters. The molecule has 1 aromatic carbocycles. The third kappa shape index (κ3) is 7.81. The maximum absolute atomic E-state index is 5.45. The number of methoxy groups -OCH3 is 1. The quantitative estimate of drug-likeness (QED) is 0.251. The number of hydrogen-bond acceptors (Lipinski definition) is 3. The largest absolute Gasteiger partial charge is 0.382 e. The molecule has 24 heavy (non-hydrogen) atoms. The first-order chi connectivity index (χ1) is 11.3. The van der Waals surface area contributed by atoms with Gasteiger partial charge in [-0.05, 0) is 25.3 Å². The molecule has 1 aliphatic carbocycles. The highest BCUT2D eigenvalue weighted by molar-refractivity contribution is 14.0. The van der Waals surface area contributed by atoms with Crippen LogP contribution in [-0.4, -0.2) is 52.0 Å². The van der Waals surface area contributed by atoms with E-state index in [1.807, 2.05) is 0 Å². The minimum atomic E-state index is 0. The monoisotopic (exact) mass is 447 g/mol. The number of ether oxygens (including phenoxy) is 2. The Balaban J connectivity index is 0.00000288. The zero-order chi connectivity index (χ0) is 16.3. The number of rotatable bonds is 10. The fraction of sp³-hybridized carbons (Fsp3) is 0.611. The SMILES string of the molecule is CCNC(=NCCCOCCOC)NC1CC1c1ccccc1.I. The van der Waals surface area contributed by atoms with Crippen molar-refractivity contribution in [3.63, 3.8) is 0 Å². The lowest BCUT2D eigenvalue weighted by Crippen LogP contribution is -2.39. The minimum Gasteiger partial charge on any atom is -0.382 e. The second kappa shape index (κ2) is 12.5. The Labute approximate surface area is 162 Å². The van der Waals surface area contributed by atoms with Crippen molar-refractivity contribution in [1.82, 2.24) is 10.6 Å². The molecule has 0 aliphatic heterocycles. The van der Waals surface area contributed by atoms with Crippen LogP contribution in [0.2, 0.25) is 0 Å². The van der Waals surface area contributed by atoms with Gasteiger partial charge in [-0.15, -0.1) is 24.0 Å². The highest BCUT2D eigenvalue weighted by atomic mass is 127. The van der Waals surface area contributed by atoms with Crippen LogP contribution in [-0.2, 0) is 9.47 Å². The van der Waals surface area contributed by atoms with Gasteiger partial charge in [-0.25, -0.2) is 0 Å². The van der Waals surface area contributed by atoms with Crippen LogP contribution in [0.5, 0.6) is 0 Å². The summed E-state index contributed by atoms with van der Waals surface area (Å²) >= 11 is 0. The summed E-state index contributed by atoms with van der Waals surface area (Å²) in [6, 6.07) is 11.2. The molecule has 5 nitrogen and oxygen atoms in total. The normalized spacial score (nSPS) is 19.5. The van der Waals surface area contributed by atoms with Gasteiger partial charge in [0.1, 0.15) is 0 Å². The van der Waals surface area contributed by atoms with Crippen LogP contribution >= 0.6 is 24.0 Å². The van der Waals surface area contributed by atoms with E-state index in [1.54, 1.807) is 7.11 Å². The fourth-order valence-electron chi connectivity index (χ4n) is 2.52. The van der Waals surface area contributed by atoms with Crippen molar-refractivity contribution in [1.29, 1.82) is 0 Å². The van der Waals surface area contributed by atoms with E-state index in [0.717, 1.165) is 32.1 Å². The molecule has 1 fully saturated rings. The fourth-order valence-corrected chi connectivity index (χ4v) is 2.52. The Morgan fingerprint density at radius 1 is 1.21 bits per heavy atom. The summed E-state index contributed by atoms with van der Waals surface area (Å²) in [6.07, 6.45) is 2.10. The summed E-state index contributed by atoms with van der Waals surface area (Å²) in [4.78, 5) is 4.62. The van der Waals surface area contributed by atoms with Crippen LogP contribution in [0.3, 0.4) is 0 Å². The Bertz CT molecular complexity index is 471. The maximum atomic E-state index is 5.45. The predicted octanol–water partition coefficient (Wildman–Crippen LogP) is 2.77. The lowest BCUT2D eigenvalue weighted by molar-refractivity contribution is 0.0702. The smallest absolute Gasteiger partial charge is 0.191 e. The standard InChI is InChI=1S/C18H29N3O2.HI/c1-3-19-18(20-10-7-11-23-13-12-22-2)21-17-14-16(17)15-8-5-4-6-9-15;/h4-6,8-9,16-17H,3,7,10-14H2,1-2H3,(H2,19,20,21);1H. The summed E-state index contributed by atoms with van der Waals surface area (Å²) in [5.74, 6) is 1.52. The number of aliphatic imine (C=N–C) groups is 1. The third-order valence-corrected chi connectivity index (χ3v) is 3.83. The molecule has 1 aliphatic rings. The zero-order valence-corrected chi connectivity index (χ0v) is 17.0. The molecular weight excluding hydrogens is 417 g/mol. The molecule has 136 valence electrons. The van der Waals surface area contributed by atoms with Crippen molar-refractivity contribution in [2.75, 3.05) is 40.0 Å². The minimum absolute atomic E-state index is 0. The first kappa shape index (κ1) is 21.2. The van der Waals surface area contributed by atoms with Crippen molar-refractivity contribution in [3.05, 3.63) is 35.9 Å². The molecule has 0 amide bonds. The van der Waals surface area contributed by atoms with E-state index in [1.165, 1.54) is 12.0 Å². The number of guanidine groups is 1. The molecular formula is C18H30IN3O2. The third-order valence-electron chi connectivity index (χ3n) is 3.83. The molecule has 1 saturated carbocycles. The molecule has 0 aromatic heterocycles. The summed E-state index contributed by atoms with van der Waals surface area (Å²) in [5, 5.41) is 6.84. The van der Waals surface area contributed by atoms with Crippen LogP contribution in [0, 0.1) is 0 Å². The topological polar surface area (TPSA) is 54.9 Å². The molecule has 2 unspecified atom stereocenters. The van der Waals surface area contributed by atoms with Crippen LogP contribution in [0.25, 0.3) is 0 Å². The van der Waals surface area contributed by atoms with Crippen molar-refractivity contribution in [2.45, 2.75) is 31.7 Å². The van der Waals surface area contributed by atoms with Crippen LogP contribution in [0.15, 0.2) is 35.3 Å². The number of nitrogens with one attached hydrogen (secondary N) is 2. The Kier molecular flexibility index (Phi) is 11.0. The molecule has 6 heteroatoms. The summed E-state index contributed by atoms with van der Waals surface area (Å²) < 4.78 is 10.4.